The van der Waals surface area contributed by atoms with E-state index in [0.29, 0.717) is 127 Å². The Bertz CT molecular complexity index is 8250. The highest BCUT2D eigenvalue weighted by Gasteiger charge is 2.32. The minimum atomic E-state index is -4.74. The van der Waals surface area contributed by atoms with Crippen molar-refractivity contribution < 1.29 is 65.4 Å². The number of para-hydroxylation sites is 5. The lowest BCUT2D eigenvalue weighted by Crippen LogP contribution is -2.29. The number of aromatic amines is 5. The first-order valence-electron chi connectivity index (χ1n) is 43.1. The molecule has 0 bridgehead atoms. The Labute approximate surface area is 867 Å². The number of benzene rings is 7. The summed E-state index contributed by atoms with van der Waals surface area (Å²) in [4.78, 5) is 115. The van der Waals surface area contributed by atoms with Crippen molar-refractivity contribution in [1.82, 2.24) is 59.1 Å². The van der Waals surface area contributed by atoms with Gasteiger partial charge in [-0.05, 0) is 282 Å². The van der Waals surface area contributed by atoms with Gasteiger partial charge in [0.2, 0.25) is 0 Å². The largest absolute Gasteiger partial charge is 0.573 e. The maximum Gasteiger partial charge on any atom is 0.573 e. The fraction of sp³-hybridized carbons (Fsp3) is 0.147. The third-order valence-electron chi connectivity index (χ3n) is 21.2. The van der Waals surface area contributed by atoms with Crippen molar-refractivity contribution in [3.63, 3.8) is 0 Å². The maximum absolute atomic E-state index is 12.8. The summed E-state index contributed by atoms with van der Waals surface area (Å²) in [5.41, 5.74) is 16.0. The van der Waals surface area contributed by atoms with Gasteiger partial charge in [-0.25, -0.2) is 23.8 Å². The van der Waals surface area contributed by atoms with Crippen LogP contribution in [-0.2, 0) is 17.6 Å². The molecule has 0 unspecified atom stereocenters. The van der Waals surface area contributed by atoms with E-state index in [1.807, 2.05) is 172 Å². The van der Waals surface area contributed by atoms with E-state index in [0.717, 1.165) is 83.6 Å². The monoisotopic (exact) mass is 2240 g/mol. The standard InChI is InChI=1S/C24H16F3N3O2.C17H14BrN3O2.C17H12BrN3O.C17H13BrN2O2.C13H13NO3.C7H6BF3O3.C6H6BrN.C3H4.C2H2.3CH4/c1-14-22(28-20-5-3-2-4-19(20)23(14)31)21-12-17-9-6-16(13-30(17)29-21)15-7-10-18(11-8-15)32-24(25,26)27;1-10-16(20-13-7-3-2-6-12(13)17(10)22)14(21-23)9-11-5-4-8-15(18)19-11;1-10-16(19-14-5-3-2-4-13(14)17(10)22)15-8-12-7-6-11(18)9-21(12)20-15;1-10-16(14(21)9-11-5-4-8-15(18)19-11)20-13-7-3-2-6-12(13)17(10)22;1-3-17-13(16)11-8(2)12(15)9-6-4-5-7-10(9)14-11;9-7(10,11)14-6-3-1-5(2-4-6)8(12)13;1-5-2-3-6(7)4-8-5;1-3-2;1-2;;;/h2-13H,1H3,(H,28,31);2-8,23H,9H2,1H3,(H,20,22);2-9H,1H3,(H,19,22);2-8H,9H2,1H3,(H,20,22);4-7H,3H2,1-2H3,(H,14,15);1-4,12-13H;2-4H,1H3;1H,2H3;1-2H;3*1H4. The van der Waals surface area contributed by atoms with E-state index in [-0.39, 0.29) is 85.1 Å². The topological polar surface area (TPSA) is 372 Å². The molecule has 0 radical (unpaired) electrons. The number of H-pyrrole nitrogens is 5. The van der Waals surface area contributed by atoms with Gasteiger partial charge in [0.25, 0.3) is 0 Å². The summed E-state index contributed by atoms with van der Waals surface area (Å²) < 4.78 is 91.4. The summed E-state index contributed by atoms with van der Waals surface area (Å²) in [7, 11) is -1.70. The zero-order chi connectivity index (χ0) is 104. The van der Waals surface area contributed by atoms with Crippen molar-refractivity contribution in [2.75, 3.05) is 6.61 Å². The summed E-state index contributed by atoms with van der Waals surface area (Å²) >= 11 is 13.3. The number of esters is 1. The number of ether oxygens (including phenoxy) is 3. The predicted octanol–water partition coefficient (Wildman–Crippen LogP) is 23.7. The van der Waals surface area contributed by atoms with Crippen LogP contribution >= 0.6 is 63.7 Å². The van der Waals surface area contributed by atoms with Crippen LogP contribution in [0.1, 0.15) is 108 Å². The molecule has 0 aliphatic rings. The van der Waals surface area contributed by atoms with Gasteiger partial charge in [0.1, 0.15) is 43.5 Å². The number of terminal acetylenes is 2. The number of carbonyl (C=O) groups excluding carboxylic acids is 2. The lowest BCUT2D eigenvalue weighted by atomic mass is 9.80. The van der Waals surface area contributed by atoms with E-state index in [1.54, 1.807) is 130 Å². The number of nitrogens with one attached hydrogen (secondary N) is 5. The lowest BCUT2D eigenvalue weighted by molar-refractivity contribution is -0.275. The number of fused-ring (bicyclic) bond motifs is 7. The van der Waals surface area contributed by atoms with Gasteiger partial charge < -0.3 is 54.4 Å². The fourth-order valence-electron chi connectivity index (χ4n) is 14.4. The minimum Gasteiger partial charge on any atom is -0.461 e. The summed E-state index contributed by atoms with van der Waals surface area (Å²) in [5, 5.41) is 42.4. The van der Waals surface area contributed by atoms with Crippen molar-refractivity contribution in [1.29, 1.82) is 0 Å². The minimum absolute atomic E-state index is 0. The van der Waals surface area contributed by atoms with Gasteiger partial charge in [-0.3, -0.25) is 33.8 Å². The molecular weight excluding hydrogens is 2140 g/mol. The first-order valence-corrected chi connectivity index (χ1v) is 46.2. The average Bonchev–Trinajstić information content (AvgIpc) is 1.58. The molecule has 0 atom stereocenters. The summed E-state index contributed by atoms with van der Waals surface area (Å²) in [6, 6.07) is 72.7. The number of alkyl halides is 6. The molecule has 7 aromatic carbocycles. The second-order valence-corrected chi connectivity index (χ2v) is 34.4. The van der Waals surface area contributed by atoms with Crippen LogP contribution in [-0.4, -0.2) is 118 Å². The van der Waals surface area contributed by atoms with E-state index in [1.165, 1.54) is 12.1 Å². The molecule has 8 N–H and O–H groups in total. The number of nitrogens with zero attached hydrogens (tertiary/aromatic N) is 8. The van der Waals surface area contributed by atoms with Crippen LogP contribution in [0.25, 0.3) is 99.5 Å². The van der Waals surface area contributed by atoms with Crippen molar-refractivity contribution >= 4 is 159 Å². The van der Waals surface area contributed by atoms with Gasteiger partial charge in [-0.15, -0.1) is 51.5 Å². The lowest BCUT2D eigenvalue weighted by Gasteiger charge is -2.10. The molecule has 0 spiro atoms. The van der Waals surface area contributed by atoms with Crippen LogP contribution in [0.15, 0.2) is 321 Å². The molecular formula is C109H98BBr4F6N13O13. The van der Waals surface area contributed by atoms with Gasteiger partial charge in [0.15, 0.2) is 32.9 Å². The summed E-state index contributed by atoms with van der Waals surface area (Å²) in [6.07, 6.45) is 9.06. The zero-order valence-electron chi connectivity index (χ0n) is 77.2. The smallest absolute Gasteiger partial charge is 0.461 e. The van der Waals surface area contributed by atoms with E-state index >= 15 is 0 Å². The van der Waals surface area contributed by atoms with Gasteiger partial charge >= 0.3 is 25.8 Å². The van der Waals surface area contributed by atoms with Gasteiger partial charge in [-0.1, -0.05) is 131 Å². The Morgan fingerprint density at radius 3 is 1.21 bits per heavy atom. The molecule has 19 aromatic rings. The number of aryl methyl sites for hydroxylation is 1. The van der Waals surface area contributed by atoms with Crippen molar-refractivity contribution in [3.05, 3.63) is 405 Å². The van der Waals surface area contributed by atoms with Gasteiger partial charge in [-0.2, -0.15) is 10.2 Å². The number of carbonyl (C=O) groups is 2. The highest BCUT2D eigenvalue weighted by molar-refractivity contribution is 9.11. The summed E-state index contributed by atoms with van der Waals surface area (Å²) in [6.45, 7) is 14.2. The number of oxime groups is 1. The number of aromatic nitrogens is 12. The van der Waals surface area contributed by atoms with Crippen LogP contribution in [0.2, 0.25) is 0 Å². The highest BCUT2D eigenvalue weighted by Crippen LogP contribution is 2.31. The number of hydrogen-bond donors (Lipinski definition) is 8. The average molecular weight is 2240 g/mol. The molecule has 146 heavy (non-hydrogen) atoms. The number of hydrogen-bond acceptors (Lipinski definition) is 19. The normalized spacial score (nSPS) is 10.7. The zero-order valence-corrected chi connectivity index (χ0v) is 83.5. The third-order valence-corrected chi connectivity index (χ3v) is 23.1. The van der Waals surface area contributed by atoms with Crippen LogP contribution < -0.4 is 42.1 Å². The SMILES string of the molecule is C.C.C.C#C.C#CC.CCOC(=O)c1[nH]c2ccccc2c(=O)c1C.Cc1c(-c2cc3ccc(-c4ccc(OC(F)(F)F)cc4)cn3n2)[nH]c2ccccc2c1=O.Cc1c(-c2cc3ccc(Br)cn3n2)[nH]c2ccccc2c1=O.Cc1c(C(=O)Cc2cccc(Br)n2)[nH]c2ccccc2c1=O.Cc1c(C(Cc2cccc(Br)n2)=NO)[nH]c2ccccc2c1=O.Cc1ccc(Br)cn1.OB(O)c1ccc(OC(F)(F)F)cc1. The molecule has 0 amide bonds. The Kier molecular flexibility index (Phi) is 41.9. The molecule has 19 rings (SSSR count). The van der Waals surface area contributed by atoms with Crippen LogP contribution in [0, 0.1) is 66.7 Å². The molecule has 37 heteroatoms. The first-order chi connectivity index (χ1) is 68.3. The first kappa shape index (κ1) is 115. The quantitative estimate of drug-likeness (QED) is 0.00577. The maximum atomic E-state index is 12.8. The van der Waals surface area contributed by atoms with Crippen LogP contribution in [0.3, 0.4) is 0 Å². The molecule has 0 aliphatic heterocycles. The Morgan fingerprint density at radius 2 is 0.815 bits per heavy atom. The van der Waals surface area contributed by atoms with Gasteiger partial charge in [0.05, 0.1) is 46.8 Å². The molecule has 0 saturated carbocycles. The molecule has 0 saturated heterocycles. The summed E-state index contributed by atoms with van der Waals surface area (Å²) in [5.74, 6) is 0.931. The fourth-order valence-corrected chi connectivity index (χ4v) is 15.7. The number of rotatable bonds is 14. The third kappa shape index (κ3) is 30.2. The van der Waals surface area contributed by atoms with Crippen LogP contribution in [0.5, 0.6) is 11.5 Å². The van der Waals surface area contributed by atoms with E-state index < -0.39 is 31.6 Å². The second kappa shape index (κ2) is 53.0. The molecule has 26 nitrogen and oxygen atoms in total. The number of halogens is 10. The number of Topliss-reactive ketones (excluding diaryl/α,β-unsaturated/α-hetero) is 1. The Morgan fingerprint density at radius 1 is 0.452 bits per heavy atom. The van der Waals surface area contributed by atoms with E-state index in [9.17, 15) is 65.1 Å². The molecule has 0 aliphatic carbocycles. The highest BCUT2D eigenvalue weighted by atomic mass is 79.9. The predicted molar refractivity (Wildman–Crippen MR) is 579 cm³/mol. The van der Waals surface area contributed by atoms with E-state index in [4.69, 9.17) is 14.8 Å². The van der Waals surface area contributed by atoms with Crippen molar-refractivity contribution in [2.24, 2.45) is 5.16 Å². The molecule has 12 heterocycles. The van der Waals surface area contributed by atoms with E-state index in [2.05, 4.69) is 154 Å². The Balaban J connectivity index is 0.000000211. The molecule has 750 valence electrons. The Hall–Kier alpha value is -15.8. The second-order valence-electron chi connectivity index (χ2n) is 31.0. The number of ketones is 1. The molecule has 12 aromatic heterocycles. The van der Waals surface area contributed by atoms with Crippen molar-refractivity contribution in [2.45, 2.75) is 103 Å². The number of pyridine rings is 10. The van der Waals surface area contributed by atoms with Gasteiger partial charge in [0, 0.05) is 139 Å². The molecule has 0 fully saturated rings. The van der Waals surface area contributed by atoms with Crippen molar-refractivity contribution in [3.8, 4) is 70.6 Å². The van der Waals surface area contributed by atoms with Crippen LogP contribution in [0.4, 0.5) is 26.3 Å².